The van der Waals surface area contributed by atoms with E-state index in [1.54, 1.807) is 0 Å². The number of benzene rings is 1. The van der Waals surface area contributed by atoms with Crippen molar-refractivity contribution in [3.8, 4) is 0 Å². The summed E-state index contributed by atoms with van der Waals surface area (Å²) in [6.07, 6.45) is 2.84. The van der Waals surface area contributed by atoms with Crippen LogP contribution in [-0.2, 0) is 5.33 Å². The fourth-order valence-corrected chi connectivity index (χ4v) is 4.00. The molecule has 1 saturated heterocycles. The van der Waals surface area contributed by atoms with Crippen LogP contribution in [0.3, 0.4) is 0 Å². The van der Waals surface area contributed by atoms with Gasteiger partial charge in [0.15, 0.2) is 0 Å². The molecule has 1 aliphatic heterocycles. The van der Waals surface area contributed by atoms with Crippen LogP contribution in [0.25, 0.3) is 0 Å². The average Bonchev–Trinajstić information content (AvgIpc) is 3.23. The van der Waals surface area contributed by atoms with Gasteiger partial charge in [0.2, 0.25) is 0 Å². The molecule has 0 radical (unpaired) electrons. The molecule has 18 heavy (non-hydrogen) atoms. The Kier molecular flexibility index (Phi) is 3.97. The molecule has 1 aromatic rings. The fourth-order valence-electron chi connectivity index (χ4n) is 2.63. The van der Waals surface area contributed by atoms with Crippen LogP contribution in [0.15, 0.2) is 22.7 Å². The lowest BCUT2D eigenvalue weighted by Crippen LogP contribution is -2.47. The zero-order valence-electron chi connectivity index (χ0n) is 10.4. The maximum Gasteiger partial charge on any atom is 0.0378 e. The predicted molar refractivity (Wildman–Crippen MR) is 83.6 cm³/mol. The molecule has 0 unspecified atom stereocenters. The monoisotopic (exact) mass is 372 g/mol. The lowest BCUT2D eigenvalue weighted by molar-refractivity contribution is 0.248. The molecular weight excluding hydrogens is 356 g/mol. The number of hydrogen-bond acceptors (Lipinski definition) is 2. The molecule has 2 fully saturated rings. The molecule has 98 valence electrons. The van der Waals surface area contributed by atoms with Gasteiger partial charge >= 0.3 is 0 Å². The Morgan fingerprint density at radius 1 is 1.11 bits per heavy atom. The van der Waals surface area contributed by atoms with Crippen LogP contribution in [0, 0.1) is 0 Å². The van der Waals surface area contributed by atoms with Crippen molar-refractivity contribution in [2.24, 2.45) is 0 Å². The van der Waals surface area contributed by atoms with Gasteiger partial charge in [0, 0.05) is 47.7 Å². The number of anilines is 1. The van der Waals surface area contributed by atoms with E-state index >= 15 is 0 Å². The van der Waals surface area contributed by atoms with Gasteiger partial charge in [-0.05, 0) is 30.5 Å². The van der Waals surface area contributed by atoms with Gasteiger partial charge in [-0.2, -0.15) is 0 Å². The van der Waals surface area contributed by atoms with E-state index in [9.17, 15) is 0 Å². The van der Waals surface area contributed by atoms with Gasteiger partial charge in [-0.3, -0.25) is 4.90 Å². The number of alkyl halides is 1. The largest absolute Gasteiger partial charge is 0.369 e. The fraction of sp³-hybridized carbons (Fsp3) is 0.571. The van der Waals surface area contributed by atoms with Gasteiger partial charge in [0.1, 0.15) is 0 Å². The molecule has 0 spiro atoms. The highest BCUT2D eigenvalue weighted by Crippen LogP contribution is 2.30. The molecule has 2 aliphatic rings. The third-order valence-corrected chi connectivity index (χ3v) is 5.27. The Morgan fingerprint density at radius 2 is 1.83 bits per heavy atom. The van der Waals surface area contributed by atoms with Gasteiger partial charge < -0.3 is 4.90 Å². The molecule has 0 N–H and O–H groups in total. The maximum absolute atomic E-state index is 3.65. The SMILES string of the molecule is BrCc1ccc(N2CCN(C3CC3)CC2)cc1Br. The minimum atomic E-state index is 0.906. The van der Waals surface area contributed by atoms with Crippen molar-refractivity contribution in [2.75, 3.05) is 31.1 Å². The van der Waals surface area contributed by atoms with Gasteiger partial charge in [-0.1, -0.05) is 37.9 Å². The van der Waals surface area contributed by atoms with E-state index in [0.29, 0.717) is 0 Å². The van der Waals surface area contributed by atoms with E-state index in [0.717, 1.165) is 24.5 Å². The van der Waals surface area contributed by atoms with Crippen molar-refractivity contribution >= 4 is 37.5 Å². The minimum Gasteiger partial charge on any atom is -0.369 e. The van der Waals surface area contributed by atoms with Crippen molar-refractivity contribution in [1.29, 1.82) is 0 Å². The van der Waals surface area contributed by atoms with Crippen LogP contribution in [-0.4, -0.2) is 37.1 Å². The van der Waals surface area contributed by atoms with Crippen LogP contribution in [0.1, 0.15) is 18.4 Å². The van der Waals surface area contributed by atoms with Crippen molar-refractivity contribution < 1.29 is 0 Å². The van der Waals surface area contributed by atoms with Gasteiger partial charge in [-0.25, -0.2) is 0 Å². The summed E-state index contributed by atoms with van der Waals surface area (Å²) in [5.41, 5.74) is 2.66. The lowest BCUT2D eigenvalue weighted by Gasteiger charge is -2.36. The molecule has 1 heterocycles. The molecule has 1 aromatic carbocycles. The van der Waals surface area contributed by atoms with Crippen molar-refractivity contribution in [1.82, 2.24) is 4.90 Å². The molecule has 1 saturated carbocycles. The van der Waals surface area contributed by atoms with Crippen LogP contribution in [0.4, 0.5) is 5.69 Å². The quantitative estimate of drug-likeness (QED) is 0.746. The second kappa shape index (κ2) is 5.51. The highest BCUT2D eigenvalue weighted by atomic mass is 79.9. The molecule has 4 heteroatoms. The summed E-state index contributed by atoms with van der Waals surface area (Å²) in [7, 11) is 0. The third kappa shape index (κ3) is 2.75. The van der Waals surface area contributed by atoms with E-state index in [-0.39, 0.29) is 0 Å². The summed E-state index contributed by atoms with van der Waals surface area (Å²) < 4.78 is 1.21. The van der Waals surface area contributed by atoms with Crippen molar-refractivity contribution in [3.63, 3.8) is 0 Å². The standard InChI is InChI=1S/C14H18Br2N2/c15-10-11-1-2-13(9-14(11)16)18-7-5-17(6-8-18)12-3-4-12/h1-2,9,12H,3-8,10H2. The van der Waals surface area contributed by atoms with E-state index < -0.39 is 0 Å². The minimum absolute atomic E-state index is 0.906. The number of hydrogen-bond donors (Lipinski definition) is 0. The van der Waals surface area contributed by atoms with Gasteiger partial charge in [-0.15, -0.1) is 0 Å². The predicted octanol–water partition coefficient (Wildman–Crippen LogP) is 3.63. The molecular formula is C14H18Br2N2. The van der Waals surface area contributed by atoms with Crippen LogP contribution < -0.4 is 4.90 Å². The average molecular weight is 374 g/mol. The maximum atomic E-state index is 3.65. The summed E-state index contributed by atoms with van der Waals surface area (Å²) in [6.45, 7) is 4.78. The van der Waals surface area contributed by atoms with Crippen molar-refractivity contribution in [2.45, 2.75) is 24.2 Å². The van der Waals surface area contributed by atoms with Crippen LogP contribution in [0.2, 0.25) is 0 Å². The van der Waals surface area contributed by atoms with Crippen molar-refractivity contribution in [3.05, 3.63) is 28.2 Å². The first-order valence-electron chi connectivity index (χ1n) is 6.61. The topological polar surface area (TPSA) is 6.48 Å². The van der Waals surface area contributed by atoms with E-state index in [1.807, 2.05) is 0 Å². The lowest BCUT2D eigenvalue weighted by atomic mass is 10.2. The molecule has 2 nitrogen and oxygen atoms in total. The van der Waals surface area contributed by atoms with E-state index in [1.165, 1.54) is 41.7 Å². The Hall–Kier alpha value is -0.0600. The Morgan fingerprint density at radius 3 is 2.39 bits per heavy atom. The highest BCUT2D eigenvalue weighted by Gasteiger charge is 2.31. The first-order valence-corrected chi connectivity index (χ1v) is 8.53. The highest BCUT2D eigenvalue weighted by molar-refractivity contribution is 9.10. The molecule has 3 rings (SSSR count). The molecule has 0 bridgehead atoms. The van der Waals surface area contributed by atoms with Gasteiger partial charge in [0.25, 0.3) is 0 Å². The Labute approximate surface area is 126 Å². The summed E-state index contributed by atoms with van der Waals surface area (Å²) in [5, 5.41) is 0.906. The smallest absolute Gasteiger partial charge is 0.0378 e. The molecule has 0 atom stereocenters. The summed E-state index contributed by atoms with van der Waals surface area (Å²) in [5.74, 6) is 0. The number of halogens is 2. The van der Waals surface area contributed by atoms with Gasteiger partial charge in [0.05, 0.1) is 0 Å². The van der Waals surface area contributed by atoms with E-state index in [4.69, 9.17) is 0 Å². The number of nitrogens with zero attached hydrogens (tertiary/aromatic N) is 2. The molecule has 1 aliphatic carbocycles. The first kappa shape index (κ1) is 12.9. The molecule has 0 aromatic heterocycles. The third-order valence-electron chi connectivity index (χ3n) is 3.92. The zero-order chi connectivity index (χ0) is 12.5. The molecule has 0 amide bonds. The summed E-state index contributed by atoms with van der Waals surface area (Å²) >= 11 is 7.16. The first-order chi connectivity index (χ1) is 8.78. The zero-order valence-corrected chi connectivity index (χ0v) is 13.6. The second-order valence-electron chi connectivity index (χ2n) is 5.16. The second-order valence-corrected chi connectivity index (χ2v) is 6.58. The summed E-state index contributed by atoms with van der Waals surface area (Å²) in [6, 6.07) is 7.62. The van der Waals surface area contributed by atoms with E-state index in [2.05, 4.69) is 59.9 Å². The normalized spacial score (nSPS) is 21.3. The number of rotatable bonds is 3. The van der Waals surface area contributed by atoms with Crippen LogP contribution in [0.5, 0.6) is 0 Å². The Balaban J connectivity index is 1.66. The van der Waals surface area contributed by atoms with Crippen LogP contribution >= 0.6 is 31.9 Å². The summed E-state index contributed by atoms with van der Waals surface area (Å²) in [4.78, 5) is 5.15. The number of piperazine rings is 1. The Bertz CT molecular complexity index is 424.